The van der Waals surface area contributed by atoms with Crippen molar-refractivity contribution in [3.8, 4) is 0 Å². The molecule has 0 aliphatic rings. The fraction of sp³-hybridized carbons (Fsp3) is 0.571. The lowest BCUT2D eigenvalue weighted by Crippen LogP contribution is -2.30. The van der Waals surface area contributed by atoms with Crippen LogP contribution in [0.15, 0.2) is 29.2 Å². The van der Waals surface area contributed by atoms with E-state index in [-0.39, 0.29) is 0 Å². The largest absolute Gasteiger partial charge is 0.383 e. The number of methoxy groups -OCH3 is 1. The molecule has 0 saturated carbocycles. The molecule has 0 aliphatic carbocycles. The molecule has 0 bridgehead atoms. The Hall–Kier alpha value is -0.950. The highest BCUT2D eigenvalue weighted by Gasteiger charge is 2.20. The number of nitrogens with one attached hydrogen (secondary N) is 1. The van der Waals surface area contributed by atoms with Crippen LogP contribution in [0.25, 0.3) is 0 Å². The molecule has 1 rings (SSSR count). The van der Waals surface area contributed by atoms with E-state index in [1.807, 2.05) is 6.07 Å². The Kier molecular flexibility index (Phi) is 6.61. The third-order valence-electron chi connectivity index (χ3n) is 2.93. The molecule has 0 radical (unpaired) electrons. The zero-order valence-electron chi connectivity index (χ0n) is 12.6. The lowest BCUT2D eigenvalue weighted by molar-refractivity contribution is 0.185. The topological polar surface area (TPSA) is 58.6 Å². The maximum absolute atomic E-state index is 12.4. The summed E-state index contributed by atoms with van der Waals surface area (Å²) >= 11 is 0. The molecule has 114 valence electrons. The summed E-state index contributed by atoms with van der Waals surface area (Å²) < 4.78 is 31.0. The summed E-state index contributed by atoms with van der Waals surface area (Å²) in [6, 6.07) is 7.39. The van der Waals surface area contributed by atoms with E-state index < -0.39 is 10.0 Å². The number of nitrogens with zero attached hydrogens (tertiary/aromatic N) is 1. The summed E-state index contributed by atoms with van der Waals surface area (Å²) in [6.07, 6.45) is 0. The molecular weight excluding hydrogens is 276 g/mol. The van der Waals surface area contributed by atoms with Crippen LogP contribution in [0.4, 0.5) is 0 Å². The van der Waals surface area contributed by atoms with Gasteiger partial charge in [0.25, 0.3) is 0 Å². The van der Waals surface area contributed by atoms with Gasteiger partial charge in [0.2, 0.25) is 10.0 Å². The molecule has 20 heavy (non-hydrogen) atoms. The molecular formula is C14H24N2O3S. The Morgan fingerprint density at radius 1 is 1.35 bits per heavy atom. The van der Waals surface area contributed by atoms with Crippen LogP contribution >= 0.6 is 0 Å². The van der Waals surface area contributed by atoms with Gasteiger partial charge in [0.1, 0.15) is 0 Å². The Labute approximate surface area is 122 Å². The van der Waals surface area contributed by atoms with Crippen molar-refractivity contribution in [2.24, 2.45) is 0 Å². The normalized spacial score (nSPS) is 12.3. The molecule has 6 heteroatoms. The zero-order valence-corrected chi connectivity index (χ0v) is 13.4. The van der Waals surface area contributed by atoms with Gasteiger partial charge < -0.3 is 10.1 Å². The minimum atomic E-state index is -3.45. The lowest BCUT2D eigenvalue weighted by Gasteiger charge is -2.17. The monoisotopic (exact) mass is 300 g/mol. The van der Waals surface area contributed by atoms with Crippen LogP contribution in [-0.4, -0.2) is 46.1 Å². The average molecular weight is 300 g/mol. The molecule has 1 N–H and O–H groups in total. The summed E-state index contributed by atoms with van der Waals surface area (Å²) in [4.78, 5) is 0.319. The molecule has 0 saturated heterocycles. The third-order valence-corrected chi connectivity index (χ3v) is 4.78. The summed E-state index contributed by atoms with van der Waals surface area (Å²) in [5, 5.41) is 3.28. The molecule has 1 aromatic rings. The number of benzene rings is 1. The van der Waals surface area contributed by atoms with E-state index in [2.05, 4.69) is 19.2 Å². The van der Waals surface area contributed by atoms with Crippen LogP contribution in [0.2, 0.25) is 0 Å². The number of hydrogen-bond donors (Lipinski definition) is 1. The van der Waals surface area contributed by atoms with E-state index in [1.165, 1.54) is 4.31 Å². The van der Waals surface area contributed by atoms with E-state index >= 15 is 0 Å². The van der Waals surface area contributed by atoms with Gasteiger partial charge in [0.05, 0.1) is 11.5 Å². The van der Waals surface area contributed by atoms with Gasteiger partial charge in [-0.1, -0.05) is 26.0 Å². The number of sulfonamides is 1. The Balaban J connectivity index is 2.87. The lowest BCUT2D eigenvalue weighted by atomic mass is 10.2. The van der Waals surface area contributed by atoms with Crippen LogP contribution in [-0.2, 0) is 21.3 Å². The molecule has 0 spiro atoms. The maximum Gasteiger partial charge on any atom is 0.242 e. The average Bonchev–Trinajstić information content (AvgIpc) is 2.42. The summed E-state index contributed by atoms with van der Waals surface area (Å²) in [7, 11) is -0.330. The molecule has 1 aromatic carbocycles. The van der Waals surface area contributed by atoms with Crippen molar-refractivity contribution in [3.05, 3.63) is 29.8 Å². The highest BCUT2D eigenvalue weighted by Crippen LogP contribution is 2.16. The first-order valence-electron chi connectivity index (χ1n) is 6.65. The van der Waals surface area contributed by atoms with Gasteiger partial charge in [-0.3, -0.25) is 0 Å². The highest BCUT2D eigenvalue weighted by molar-refractivity contribution is 7.89. The van der Waals surface area contributed by atoms with E-state index in [9.17, 15) is 8.42 Å². The number of ether oxygens (including phenoxy) is 1. The van der Waals surface area contributed by atoms with E-state index in [4.69, 9.17) is 4.74 Å². The molecule has 0 amide bonds. The standard InChI is InChI=1S/C14H24N2O3S/c1-12(2)15-11-13-6-5-7-14(10-13)20(17,18)16(3)8-9-19-4/h5-7,10,12,15H,8-9,11H2,1-4H3. The van der Waals surface area contributed by atoms with Gasteiger partial charge in [-0.2, -0.15) is 4.31 Å². The van der Waals surface area contributed by atoms with Crippen molar-refractivity contribution >= 4 is 10.0 Å². The van der Waals surface area contributed by atoms with Crippen molar-refractivity contribution in [1.29, 1.82) is 0 Å². The molecule has 0 fully saturated rings. The van der Waals surface area contributed by atoms with E-state index in [1.54, 1.807) is 32.4 Å². The molecule has 0 heterocycles. The first kappa shape index (κ1) is 17.1. The minimum absolute atomic E-state index is 0.319. The van der Waals surface area contributed by atoms with E-state index in [0.717, 1.165) is 5.56 Å². The fourth-order valence-corrected chi connectivity index (χ4v) is 2.88. The summed E-state index contributed by atoms with van der Waals surface area (Å²) in [6.45, 7) is 5.48. The van der Waals surface area contributed by atoms with Crippen LogP contribution in [0.1, 0.15) is 19.4 Å². The number of likely N-dealkylation sites (N-methyl/N-ethyl adjacent to an activating group) is 1. The smallest absolute Gasteiger partial charge is 0.242 e. The fourth-order valence-electron chi connectivity index (χ4n) is 1.66. The van der Waals surface area contributed by atoms with Gasteiger partial charge in [0.15, 0.2) is 0 Å². The Morgan fingerprint density at radius 2 is 2.05 bits per heavy atom. The van der Waals surface area contributed by atoms with Crippen molar-refractivity contribution in [2.75, 3.05) is 27.3 Å². The van der Waals surface area contributed by atoms with Gasteiger partial charge in [-0.25, -0.2) is 8.42 Å². The molecule has 0 atom stereocenters. The SMILES string of the molecule is COCCN(C)S(=O)(=O)c1cccc(CNC(C)C)c1. The predicted octanol–water partition coefficient (Wildman–Crippen LogP) is 1.45. The van der Waals surface area contributed by atoms with Crippen LogP contribution in [0, 0.1) is 0 Å². The predicted molar refractivity (Wildman–Crippen MR) is 80.1 cm³/mol. The molecule has 0 aromatic heterocycles. The second-order valence-corrected chi connectivity index (χ2v) is 7.05. The zero-order chi connectivity index (χ0) is 15.2. The van der Waals surface area contributed by atoms with Gasteiger partial charge in [0, 0.05) is 33.3 Å². The van der Waals surface area contributed by atoms with Crippen LogP contribution in [0.5, 0.6) is 0 Å². The number of hydrogen-bond acceptors (Lipinski definition) is 4. The highest BCUT2D eigenvalue weighted by atomic mass is 32.2. The quantitative estimate of drug-likeness (QED) is 0.789. The van der Waals surface area contributed by atoms with Gasteiger partial charge in [-0.15, -0.1) is 0 Å². The Bertz CT molecular complexity index is 515. The first-order valence-corrected chi connectivity index (χ1v) is 8.09. The molecule has 5 nitrogen and oxygen atoms in total. The van der Waals surface area contributed by atoms with Crippen molar-refractivity contribution in [2.45, 2.75) is 31.3 Å². The summed E-state index contributed by atoms with van der Waals surface area (Å²) in [5.74, 6) is 0. The van der Waals surface area contributed by atoms with Crippen molar-refractivity contribution in [1.82, 2.24) is 9.62 Å². The minimum Gasteiger partial charge on any atom is -0.383 e. The van der Waals surface area contributed by atoms with Crippen LogP contribution in [0.3, 0.4) is 0 Å². The van der Waals surface area contributed by atoms with Crippen molar-refractivity contribution < 1.29 is 13.2 Å². The van der Waals surface area contributed by atoms with Gasteiger partial charge >= 0.3 is 0 Å². The van der Waals surface area contributed by atoms with Gasteiger partial charge in [-0.05, 0) is 17.7 Å². The molecule has 0 aliphatic heterocycles. The van der Waals surface area contributed by atoms with Crippen LogP contribution < -0.4 is 5.32 Å². The van der Waals surface area contributed by atoms with Crippen molar-refractivity contribution in [3.63, 3.8) is 0 Å². The van der Waals surface area contributed by atoms with E-state index in [0.29, 0.717) is 30.6 Å². The summed E-state index contributed by atoms with van der Waals surface area (Å²) in [5.41, 5.74) is 0.958. The number of rotatable bonds is 8. The molecule has 0 unspecified atom stereocenters. The second-order valence-electron chi connectivity index (χ2n) is 5.00. The maximum atomic E-state index is 12.4. The Morgan fingerprint density at radius 3 is 2.65 bits per heavy atom. The second kappa shape index (κ2) is 7.73. The first-order chi connectivity index (χ1) is 9.37. The third kappa shape index (κ3) is 4.86.